The number of hydrogen-bond donors (Lipinski definition) is 0. The van der Waals surface area contributed by atoms with E-state index in [9.17, 15) is 19.2 Å². The minimum Gasteiger partial charge on any atom is -0.450 e. The van der Waals surface area contributed by atoms with Gasteiger partial charge in [-0.1, -0.05) is 48.6 Å². The van der Waals surface area contributed by atoms with Gasteiger partial charge in [0.1, 0.15) is 5.01 Å². The number of ether oxygens (including phenoxy) is 1. The van der Waals surface area contributed by atoms with E-state index in [4.69, 9.17) is 4.74 Å². The summed E-state index contributed by atoms with van der Waals surface area (Å²) in [6, 6.07) is 12.7. The highest BCUT2D eigenvalue weighted by Crippen LogP contribution is 2.31. The van der Waals surface area contributed by atoms with Crippen molar-refractivity contribution in [3.63, 3.8) is 0 Å². The molecule has 1 aromatic heterocycles. The van der Waals surface area contributed by atoms with Crippen molar-refractivity contribution < 1.29 is 23.9 Å². The Kier molecular flexibility index (Phi) is 5.43. The molecule has 0 saturated heterocycles. The predicted molar refractivity (Wildman–Crippen MR) is 112 cm³/mol. The number of esters is 1. The molecule has 0 saturated carbocycles. The summed E-state index contributed by atoms with van der Waals surface area (Å²) in [6.45, 7) is 3.46. The van der Waals surface area contributed by atoms with Gasteiger partial charge < -0.3 is 4.74 Å². The van der Waals surface area contributed by atoms with Gasteiger partial charge in [0.2, 0.25) is 10.9 Å². The Morgan fingerprint density at radius 2 is 1.71 bits per heavy atom. The third-order valence-electron chi connectivity index (χ3n) is 4.80. The van der Waals surface area contributed by atoms with E-state index in [-0.39, 0.29) is 27.6 Å². The Hall–Kier alpha value is -3.72. The van der Waals surface area contributed by atoms with Crippen LogP contribution in [0.5, 0.6) is 0 Å². The number of amides is 2. The summed E-state index contributed by atoms with van der Waals surface area (Å²) in [5.74, 6) is -2.16. The summed E-state index contributed by atoms with van der Waals surface area (Å²) < 4.78 is 5.42. The van der Waals surface area contributed by atoms with Crippen LogP contribution in [0.4, 0.5) is 5.13 Å². The van der Waals surface area contributed by atoms with Crippen LogP contribution in [0.3, 0.4) is 0 Å². The van der Waals surface area contributed by atoms with Gasteiger partial charge in [0.15, 0.2) is 6.10 Å². The van der Waals surface area contributed by atoms with Crippen molar-refractivity contribution in [2.45, 2.75) is 26.4 Å². The number of ketones is 1. The molecule has 0 radical (unpaired) electrons. The molecule has 2 aromatic carbocycles. The fourth-order valence-electron chi connectivity index (χ4n) is 3.23. The molecule has 1 aliphatic rings. The minimum absolute atomic E-state index is 0.0782. The summed E-state index contributed by atoms with van der Waals surface area (Å²) >= 11 is 1.12. The average molecular weight is 435 g/mol. The lowest BCUT2D eigenvalue weighted by Gasteiger charge is -2.15. The van der Waals surface area contributed by atoms with Crippen molar-refractivity contribution >= 4 is 40.0 Å². The second kappa shape index (κ2) is 8.19. The highest BCUT2D eigenvalue weighted by molar-refractivity contribution is 7.15. The quantitative estimate of drug-likeness (QED) is 0.331. The third-order valence-corrected chi connectivity index (χ3v) is 5.62. The second-order valence-electron chi connectivity index (χ2n) is 6.84. The smallest absolute Gasteiger partial charge is 0.338 e. The summed E-state index contributed by atoms with van der Waals surface area (Å²) in [4.78, 5) is 51.7. The first-order chi connectivity index (χ1) is 14.9. The lowest BCUT2D eigenvalue weighted by atomic mass is 10.0. The lowest BCUT2D eigenvalue weighted by molar-refractivity contribution is 0.0277. The van der Waals surface area contributed by atoms with Crippen LogP contribution < -0.4 is 4.90 Å². The van der Waals surface area contributed by atoms with Crippen molar-refractivity contribution in [3.8, 4) is 0 Å². The molecule has 2 heterocycles. The first-order valence-corrected chi connectivity index (χ1v) is 10.4. The molecule has 1 atom stereocenters. The molecule has 156 valence electrons. The van der Waals surface area contributed by atoms with E-state index in [1.807, 2.05) is 0 Å². The number of benzene rings is 2. The van der Waals surface area contributed by atoms with E-state index >= 15 is 0 Å². The Morgan fingerprint density at radius 1 is 1.00 bits per heavy atom. The molecule has 0 N–H and O–H groups in total. The van der Waals surface area contributed by atoms with Gasteiger partial charge in [-0.05, 0) is 31.5 Å². The molecule has 0 spiro atoms. The molecule has 3 aromatic rings. The van der Waals surface area contributed by atoms with E-state index in [2.05, 4.69) is 10.2 Å². The van der Waals surface area contributed by atoms with E-state index in [1.165, 1.54) is 18.2 Å². The summed E-state index contributed by atoms with van der Waals surface area (Å²) in [5.41, 5.74) is 0.769. The van der Waals surface area contributed by atoms with Crippen molar-refractivity contribution in [1.29, 1.82) is 0 Å². The van der Waals surface area contributed by atoms with Gasteiger partial charge in [0.25, 0.3) is 11.8 Å². The molecule has 2 amide bonds. The number of hydrogen-bond acceptors (Lipinski definition) is 8. The largest absolute Gasteiger partial charge is 0.450 e. The number of nitrogens with zero attached hydrogens (tertiary/aromatic N) is 3. The fourth-order valence-corrected chi connectivity index (χ4v) is 3.91. The number of anilines is 1. The monoisotopic (exact) mass is 435 g/mol. The number of rotatable bonds is 6. The van der Waals surface area contributed by atoms with Crippen LogP contribution >= 0.6 is 11.3 Å². The number of aromatic nitrogens is 2. The Bertz CT molecular complexity index is 1200. The van der Waals surface area contributed by atoms with Gasteiger partial charge in [0, 0.05) is 5.56 Å². The zero-order chi connectivity index (χ0) is 22.1. The number of fused-ring (bicyclic) bond motifs is 1. The second-order valence-corrected chi connectivity index (χ2v) is 8.00. The number of carbonyl (C=O) groups is 4. The molecule has 31 heavy (non-hydrogen) atoms. The summed E-state index contributed by atoms with van der Waals surface area (Å²) in [7, 11) is 0. The van der Waals surface area contributed by atoms with Crippen LogP contribution in [0.15, 0.2) is 48.5 Å². The van der Waals surface area contributed by atoms with Crippen LogP contribution in [-0.2, 0) is 4.74 Å². The van der Waals surface area contributed by atoms with Crippen LogP contribution in [0.2, 0.25) is 0 Å². The maximum atomic E-state index is 12.8. The predicted octanol–water partition coefficient (Wildman–Crippen LogP) is 3.47. The molecule has 8 nitrogen and oxygen atoms in total. The first kappa shape index (κ1) is 20.5. The first-order valence-electron chi connectivity index (χ1n) is 9.54. The van der Waals surface area contributed by atoms with Gasteiger partial charge in [-0.15, -0.1) is 10.2 Å². The Balaban J connectivity index is 1.56. The van der Waals surface area contributed by atoms with E-state index < -0.39 is 23.9 Å². The van der Waals surface area contributed by atoms with E-state index in [0.29, 0.717) is 17.0 Å². The highest BCUT2D eigenvalue weighted by Gasteiger charge is 2.39. The standard InChI is InChI=1S/C22H17N3O5S/c1-3-17(18(26)13-7-5-4-6-8-13)30-21(29)14-9-10-15-16(11-14)20(28)25(19(15)27)22-24-23-12(2)31-22/h4-11,17H,3H2,1-2H3/t17-/m1/s1. The maximum absolute atomic E-state index is 12.8. The molecule has 1 aliphatic heterocycles. The van der Waals surface area contributed by atoms with Gasteiger partial charge in [-0.25, -0.2) is 9.69 Å². The lowest BCUT2D eigenvalue weighted by Crippen LogP contribution is -2.29. The van der Waals surface area contributed by atoms with Crippen LogP contribution in [0, 0.1) is 6.92 Å². The van der Waals surface area contributed by atoms with Crippen molar-refractivity contribution in [1.82, 2.24) is 10.2 Å². The number of aryl methyl sites for hydroxylation is 1. The molecular weight excluding hydrogens is 418 g/mol. The van der Waals surface area contributed by atoms with Crippen LogP contribution in [0.1, 0.15) is 59.8 Å². The van der Waals surface area contributed by atoms with Gasteiger partial charge >= 0.3 is 5.97 Å². The molecule has 0 aliphatic carbocycles. The average Bonchev–Trinajstić information content (AvgIpc) is 3.32. The zero-order valence-electron chi connectivity index (χ0n) is 16.7. The number of imide groups is 1. The highest BCUT2D eigenvalue weighted by atomic mass is 32.1. The Labute approximate surface area is 181 Å². The number of Topliss-reactive ketones (excluding diaryl/α,β-unsaturated/α-hetero) is 1. The molecule has 0 fully saturated rings. The number of carbonyl (C=O) groups excluding carboxylic acids is 4. The normalized spacial score (nSPS) is 13.8. The third kappa shape index (κ3) is 3.75. The topological polar surface area (TPSA) is 107 Å². The van der Waals surface area contributed by atoms with E-state index in [0.717, 1.165) is 16.2 Å². The van der Waals surface area contributed by atoms with Crippen molar-refractivity contribution in [2.75, 3.05) is 4.90 Å². The molecule has 0 unspecified atom stereocenters. The zero-order valence-corrected chi connectivity index (χ0v) is 17.5. The van der Waals surface area contributed by atoms with Crippen LogP contribution in [0.25, 0.3) is 0 Å². The maximum Gasteiger partial charge on any atom is 0.338 e. The molecule has 4 rings (SSSR count). The Morgan fingerprint density at radius 3 is 2.35 bits per heavy atom. The SMILES string of the molecule is CC[C@@H](OC(=O)c1ccc2c(c1)C(=O)N(c1nnc(C)s1)C2=O)C(=O)c1ccccc1. The molecule has 0 bridgehead atoms. The van der Waals surface area contributed by atoms with Crippen molar-refractivity contribution in [3.05, 3.63) is 75.8 Å². The van der Waals surface area contributed by atoms with Gasteiger partial charge in [-0.2, -0.15) is 0 Å². The minimum atomic E-state index is -0.957. The van der Waals surface area contributed by atoms with Crippen molar-refractivity contribution in [2.24, 2.45) is 0 Å². The van der Waals surface area contributed by atoms with E-state index in [1.54, 1.807) is 44.2 Å². The van der Waals surface area contributed by atoms with Crippen LogP contribution in [-0.4, -0.2) is 39.9 Å². The van der Waals surface area contributed by atoms with Gasteiger partial charge in [0.05, 0.1) is 16.7 Å². The fraction of sp³-hybridized carbons (Fsp3) is 0.182. The molecular formula is C22H17N3O5S. The summed E-state index contributed by atoms with van der Waals surface area (Å²) in [6.07, 6.45) is -0.659. The van der Waals surface area contributed by atoms with Gasteiger partial charge in [-0.3, -0.25) is 14.4 Å². The summed E-state index contributed by atoms with van der Waals surface area (Å²) in [5, 5.41) is 8.49. The molecule has 9 heteroatoms.